The summed E-state index contributed by atoms with van der Waals surface area (Å²) in [4.78, 5) is 29.5. The average molecular weight is 500 g/mol. The van der Waals surface area contributed by atoms with Crippen LogP contribution in [0.4, 0.5) is 23.7 Å². The molecule has 2 aliphatic rings. The number of carbonyl (C=O) groups is 2. The molecule has 0 atom stereocenters. The molecular formula is C25H36F3N3O4. The van der Waals surface area contributed by atoms with Crippen molar-refractivity contribution >= 4 is 17.7 Å². The first-order valence-corrected chi connectivity index (χ1v) is 12.1. The molecule has 0 unspecified atom stereocenters. The minimum atomic E-state index is -4.45. The Bertz CT molecular complexity index is 916. The van der Waals surface area contributed by atoms with Crippen LogP contribution < -0.4 is 4.90 Å². The summed E-state index contributed by atoms with van der Waals surface area (Å²) in [6, 6.07) is 3.81. The topological polar surface area (TPSA) is 73.3 Å². The molecule has 0 aromatic heterocycles. The number of likely N-dealkylation sites (tertiary alicyclic amines) is 1. The number of halogens is 3. The fourth-order valence-corrected chi connectivity index (χ4v) is 4.80. The summed E-state index contributed by atoms with van der Waals surface area (Å²) in [7, 11) is 0. The summed E-state index contributed by atoms with van der Waals surface area (Å²) in [5, 5.41) is 9.35. The van der Waals surface area contributed by atoms with Crippen molar-refractivity contribution in [3.8, 4) is 0 Å². The molecule has 1 amide bonds. The Morgan fingerprint density at radius 3 is 2.20 bits per heavy atom. The van der Waals surface area contributed by atoms with Crippen LogP contribution in [0.25, 0.3) is 0 Å². The predicted molar refractivity (Wildman–Crippen MR) is 126 cm³/mol. The van der Waals surface area contributed by atoms with E-state index < -0.39 is 34.9 Å². The van der Waals surface area contributed by atoms with Gasteiger partial charge < -0.3 is 19.6 Å². The molecule has 0 spiro atoms. The van der Waals surface area contributed by atoms with Crippen LogP contribution in [0.15, 0.2) is 18.2 Å². The largest absolute Gasteiger partial charge is 0.465 e. The first kappa shape index (κ1) is 27.1. The maximum atomic E-state index is 13.5. The molecule has 7 nitrogen and oxygen atoms in total. The second-order valence-electron chi connectivity index (χ2n) is 10.7. The van der Waals surface area contributed by atoms with Crippen LogP contribution in [-0.4, -0.2) is 70.8 Å². The van der Waals surface area contributed by atoms with Gasteiger partial charge in [0.25, 0.3) is 0 Å². The van der Waals surface area contributed by atoms with E-state index >= 15 is 0 Å². The highest BCUT2D eigenvalue weighted by molar-refractivity contribution is 5.72. The van der Waals surface area contributed by atoms with Crippen molar-refractivity contribution < 1.29 is 32.6 Å². The number of carbonyl (C=O) groups excluding carboxylic acids is 1. The number of carboxylic acid groups (broad SMARTS) is 1. The number of hydrogen-bond donors (Lipinski definition) is 1. The molecule has 0 saturated carbocycles. The monoisotopic (exact) mass is 499 g/mol. The number of esters is 1. The standard InChI is InChI=1S/C25H36F3N3O4/c1-23(2,3)35-21(32)17-31(24(4)9-13-30(14-10-24)22(33)34)16-18-7-8-19(25(26,27)28)15-20(18)29-11-5-6-12-29/h7-8,15H,5-6,9-14,16-17H2,1-4H3,(H,33,34). The molecule has 2 aliphatic heterocycles. The highest BCUT2D eigenvalue weighted by Gasteiger charge is 2.39. The summed E-state index contributed by atoms with van der Waals surface area (Å²) in [5.41, 5.74) is -0.634. The van der Waals surface area contributed by atoms with Gasteiger partial charge in [-0.25, -0.2) is 4.79 Å². The molecule has 10 heteroatoms. The number of hydrogen-bond acceptors (Lipinski definition) is 5. The molecule has 0 aliphatic carbocycles. The van der Waals surface area contributed by atoms with E-state index in [1.165, 1.54) is 17.0 Å². The van der Waals surface area contributed by atoms with Gasteiger partial charge in [-0.1, -0.05) is 6.07 Å². The van der Waals surface area contributed by atoms with Crippen molar-refractivity contribution in [2.75, 3.05) is 37.6 Å². The number of ether oxygens (including phenoxy) is 1. The van der Waals surface area contributed by atoms with Crippen LogP contribution in [-0.2, 0) is 22.3 Å². The van der Waals surface area contributed by atoms with Crippen molar-refractivity contribution in [2.24, 2.45) is 0 Å². The van der Waals surface area contributed by atoms with E-state index in [-0.39, 0.29) is 13.1 Å². The highest BCUT2D eigenvalue weighted by atomic mass is 19.4. The van der Waals surface area contributed by atoms with E-state index in [0.717, 1.165) is 18.9 Å². The van der Waals surface area contributed by atoms with Gasteiger partial charge in [0.1, 0.15) is 5.60 Å². The van der Waals surface area contributed by atoms with Crippen LogP contribution in [0.3, 0.4) is 0 Å². The summed E-state index contributed by atoms with van der Waals surface area (Å²) in [6.07, 6.45) is -2.59. The first-order chi connectivity index (χ1) is 16.2. The van der Waals surface area contributed by atoms with Gasteiger partial charge in [-0.2, -0.15) is 13.2 Å². The van der Waals surface area contributed by atoms with E-state index in [1.807, 2.05) is 16.7 Å². The molecule has 1 aromatic rings. The van der Waals surface area contributed by atoms with E-state index in [9.17, 15) is 27.9 Å². The number of alkyl halides is 3. The lowest BCUT2D eigenvalue weighted by Gasteiger charge is -2.46. The average Bonchev–Trinajstić information content (AvgIpc) is 3.26. The maximum Gasteiger partial charge on any atom is 0.416 e. The van der Waals surface area contributed by atoms with Crippen LogP contribution >= 0.6 is 0 Å². The summed E-state index contributed by atoms with van der Waals surface area (Å²) < 4.78 is 46.0. The van der Waals surface area contributed by atoms with Crippen LogP contribution in [0.5, 0.6) is 0 Å². The van der Waals surface area contributed by atoms with Crippen molar-refractivity contribution in [1.82, 2.24) is 9.80 Å². The van der Waals surface area contributed by atoms with Crippen molar-refractivity contribution in [3.05, 3.63) is 29.3 Å². The van der Waals surface area contributed by atoms with E-state index in [0.29, 0.717) is 50.3 Å². The minimum Gasteiger partial charge on any atom is -0.465 e. The zero-order valence-corrected chi connectivity index (χ0v) is 21.0. The third-order valence-corrected chi connectivity index (χ3v) is 6.84. The number of nitrogens with zero attached hydrogens (tertiary/aromatic N) is 3. The van der Waals surface area contributed by atoms with Gasteiger partial charge in [-0.3, -0.25) is 9.69 Å². The third-order valence-electron chi connectivity index (χ3n) is 6.84. The Kier molecular flexibility index (Phi) is 7.93. The van der Waals surface area contributed by atoms with E-state index in [2.05, 4.69) is 0 Å². The summed E-state index contributed by atoms with van der Waals surface area (Å²) in [6.45, 7) is 9.56. The smallest absolute Gasteiger partial charge is 0.416 e. The fourth-order valence-electron chi connectivity index (χ4n) is 4.80. The Morgan fingerprint density at radius 1 is 1.09 bits per heavy atom. The van der Waals surface area contributed by atoms with Crippen molar-refractivity contribution in [2.45, 2.75) is 77.2 Å². The fraction of sp³-hybridized carbons (Fsp3) is 0.680. The summed E-state index contributed by atoms with van der Waals surface area (Å²) in [5.74, 6) is -0.422. The third kappa shape index (κ3) is 7.02. The van der Waals surface area contributed by atoms with E-state index in [1.54, 1.807) is 20.8 Å². The number of benzene rings is 1. The highest BCUT2D eigenvalue weighted by Crippen LogP contribution is 2.37. The Morgan fingerprint density at radius 2 is 1.69 bits per heavy atom. The molecule has 2 fully saturated rings. The molecule has 2 heterocycles. The lowest BCUT2D eigenvalue weighted by atomic mass is 9.87. The molecule has 1 aromatic carbocycles. The predicted octanol–water partition coefficient (Wildman–Crippen LogP) is 4.98. The zero-order valence-electron chi connectivity index (χ0n) is 21.0. The molecular weight excluding hydrogens is 463 g/mol. The second kappa shape index (κ2) is 10.2. The Hall–Kier alpha value is -2.49. The van der Waals surface area contributed by atoms with Crippen LogP contribution in [0.2, 0.25) is 0 Å². The molecule has 196 valence electrons. The first-order valence-electron chi connectivity index (χ1n) is 12.1. The van der Waals surface area contributed by atoms with Gasteiger partial charge in [0.05, 0.1) is 12.1 Å². The van der Waals surface area contributed by atoms with Gasteiger partial charge >= 0.3 is 18.2 Å². The SMILES string of the molecule is CC(C)(C)OC(=O)CN(Cc1ccc(C(F)(F)F)cc1N1CCCC1)C1(C)CCN(C(=O)O)CC1. The summed E-state index contributed by atoms with van der Waals surface area (Å²) >= 11 is 0. The molecule has 2 saturated heterocycles. The van der Waals surface area contributed by atoms with Gasteiger partial charge in [0, 0.05) is 44.0 Å². The number of anilines is 1. The van der Waals surface area contributed by atoms with Gasteiger partial charge in [0.15, 0.2) is 0 Å². The molecule has 0 radical (unpaired) electrons. The Balaban J connectivity index is 1.93. The van der Waals surface area contributed by atoms with Crippen LogP contribution in [0.1, 0.15) is 64.5 Å². The quantitative estimate of drug-likeness (QED) is 0.557. The maximum absolute atomic E-state index is 13.5. The van der Waals surface area contributed by atoms with Gasteiger partial charge in [-0.05, 0) is 71.1 Å². The lowest BCUT2D eigenvalue weighted by molar-refractivity contribution is -0.158. The molecule has 1 N–H and O–H groups in total. The van der Waals surface area contributed by atoms with Gasteiger partial charge in [0.2, 0.25) is 0 Å². The molecule has 35 heavy (non-hydrogen) atoms. The number of rotatable bonds is 6. The second-order valence-corrected chi connectivity index (χ2v) is 10.7. The van der Waals surface area contributed by atoms with Crippen molar-refractivity contribution in [1.29, 1.82) is 0 Å². The number of piperidine rings is 1. The lowest BCUT2D eigenvalue weighted by Crippen LogP contribution is -2.55. The zero-order chi connectivity index (χ0) is 26.0. The number of amides is 1. The van der Waals surface area contributed by atoms with Gasteiger partial charge in [-0.15, -0.1) is 0 Å². The normalized spacial score (nSPS) is 18.7. The molecule has 0 bridgehead atoms. The van der Waals surface area contributed by atoms with E-state index in [4.69, 9.17) is 4.74 Å². The molecule has 3 rings (SSSR count). The Labute approximate surface area is 204 Å². The van der Waals surface area contributed by atoms with Crippen LogP contribution in [0, 0.1) is 0 Å². The minimum absolute atomic E-state index is 0.0404. The van der Waals surface area contributed by atoms with Crippen molar-refractivity contribution in [3.63, 3.8) is 0 Å².